The van der Waals surface area contributed by atoms with Crippen LogP contribution in [0.5, 0.6) is 0 Å². The molecule has 3 nitrogen and oxygen atoms in total. The molecule has 0 aliphatic heterocycles. The lowest BCUT2D eigenvalue weighted by molar-refractivity contribution is 0.579. The first-order valence-electron chi connectivity index (χ1n) is 5.44. The lowest BCUT2D eigenvalue weighted by Gasteiger charge is -2.11. The zero-order valence-corrected chi connectivity index (χ0v) is 10.8. The molecule has 0 aliphatic carbocycles. The molecule has 0 fully saturated rings. The van der Waals surface area contributed by atoms with Gasteiger partial charge in [-0.3, -0.25) is 4.72 Å². The van der Waals surface area contributed by atoms with Gasteiger partial charge >= 0.3 is 0 Å². The number of halogens is 2. The van der Waals surface area contributed by atoms with Gasteiger partial charge in [0.15, 0.2) is 5.82 Å². The van der Waals surface area contributed by atoms with Crippen LogP contribution in [0.4, 0.5) is 14.5 Å². The molecule has 0 unspecified atom stereocenters. The first kappa shape index (κ1) is 13.5. The predicted octanol–water partition coefficient (Wildman–Crippen LogP) is 3.07. The molecule has 19 heavy (non-hydrogen) atoms. The minimum absolute atomic E-state index is 0.0599. The molecule has 0 heterocycles. The summed E-state index contributed by atoms with van der Waals surface area (Å²) in [6, 6.07) is 9.63. The van der Waals surface area contributed by atoms with Crippen molar-refractivity contribution in [3.05, 3.63) is 59.7 Å². The SMILES string of the molecule is Cc1ccc(F)c(NS(=O)(=O)c2ccccc2)c1F. The van der Waals surface area contributed by atoms with Crippen molar-refractivity contribution in [1.82, 2.24) is 0 Å². The Labute approximate surface area is 109 Å². The fraction of sp³-hybridized carbons (Fsp3) is 0.0769. The molecule has 0 saturated carbocycles. The number of sulfonamides is 1. The van der Waals surface area contributed by atoms with E-state index in [1.54, 1.807) is 6.07 Å². The van der Waals surface area contributed by atoms with Gasteiger partial charge in [-0.2, -0.15) is 0 Å². The number of hydrogen-bond donors (Lipinski definition) is 1. The van der Waals surface area contributed by atoms with Crippen LogP contribution in [0, 0.1) is 18.6 Å². The Morgan fingerprint density at radius 2 is 1.63 bits per heavy atom. The van der Waals surface area contributed by atoms with Crippen molar-refractivity contribution in [1.29, 1.82) is 0 Å². The zero-order valence-electron chi connectivity index (χ0n) is 10.0. The summed E-state index contributed by atoms with van der Waals surface area (Å²) in [5.74, 6) is -1.87. The van der Waals surface area contributed by atoms with Crippen LogP contribution in [0.3, 0.4) is 0 Å². The quantitative estimate of drug-likeness (QED) is 0.941. The molecule has 0 aromatic heterocycles. The number of benzene rings is 2. The molecule has 0 aliphatic rings. The van der Waals surface area contributed by atoms with Crippen molar-refractivity contribution < 1.29 is 17.2 Å². The van der Waals surface area contributed by atoms with E-state index in [1.807, 2.05) is 4.72 Å². The molecule has 0 amide bonds. The van der Waals surface area contributed by atoms with Gasteiger partial charge in [-0.1, -0.05) is 24.3 Å². The molecular formula is C13H11F2NO2S. The average Bonchev–Trinajstić information content (AvgIpc) is 2.40. The van der Waals surface area contributed by atoms with Gasteiger partial charge in [0.05, 0.1) is 4.90 Å². The van der Waals surface area contributed by atoms with E-state index >= 15 is 0 Å². The molecule has 0 atom stereocenters. The minimum Gasteiger partial charge on any atom is -0.274 e. The van der Waals surface area contributed by atoms with E-state index < -0.39 is 27.3 Å². The summed E-state index contributed by atoms with van der Waals surface area (Å²) < 4.78 is 53.1. The highest BCUT2D eigenvalue weighted by Gasteiger charge is 2.19. The van der Waals surface area contributed by atoms with E-state index in [0.29, 0.717) is 0 Å². The van der Waals surface area contributed by atoms with Gasteiger partial charge in [0, 0.05) is 0 Å². The van der Waals surface area contributed by atoms with Gasteiger partial charge in [-0.05, 0) is 30.7 Å². The summed E-state index contributed by atoms with van der Waals surface area (Å²) in [6.45, 7) is 1.43. The summed E-state index contributed by atoms with van der Waals surface area (Å²) in [7, 11) is -4.01. The molecule has 0 radical (unpaired) electrons. The third-order valence-corrected chi connectivity index (χ3v) is 3.94. The maximum absolute atomic E-state index is 13.7. The summed E-state index contributed by atoms with van der Waals surface area (Å²) in [4.78, 5) is -0.0599. The van der Waals surface area contributed by atoms with Crippen molar-refractivity contribution >= 4 is 15.7 Å². The van der Waals surface area contributed by atoms with Crippen molar-refractivity contribution in [3.8, 4) is 0 Å². The molecule has 0 saturated heterocycles. The van der Waals surface area contributed by atoms with Crippen LogP contribution in [0.15, 0.2) is 47.4 Å². The molecule has 2 aromatic rings. The highest BCUT2D eigenvalue weighted by atomic mass is 32.2. The third-order valence-electron chi connectivity index (χ3n) is 2.57. The molecule has 100 valence electrons. The normalized spacial score (nSPS) is 11.3. The molecule has 2 aromatic carbocycles. The van der Waals surface area contributed by atoms with Crippen LogP contribution in [0.2, 0.25) is 0 Å². The van der Waals surface area contributed by atoms with Crippen LogP contribution in [0.25, 0.3) is 0 Å². The van der Waals surface area contributed by atoms with Crippen LogP contribution < -0.4 is 4.72 Å². The standard InChI is InChI=1S/C13H11F2NO2S/c1-9-7-8-11(14)13(12(9)15)16-19(17,18)10-5-3-2-4-6-10/h2-8,16H,1H3. The molecule has 2 rings (SSSR count). The highest BCUT2D eigenvalue weighted by molar-refractivity contribution is 7.92. The Morgan fingerprint density at radius 1 is 1.00 bits per heavy atom. The number of aryl methyl sites for hydroxylation is 1. The monoisotopic (exact) mass is 283 g/mol. The van der Waals surface area contributed by atoms with E-state index in [9.17, 15) is 17.2 Å². The molecule has 6 heteroatoms. The predicted molar refractivity (Wildman–Crippen MR) is 68.3 cm³/mol. The Bertz CT molecular complexity index is 700. The fourth-order valence-corrected chi connectivity index (χ4v) is 2.63. The summed E-state index contributed by atoms with van der Waals surface area (Å²) in [5, 5.41) is 0. The van der Waals surface area contributed by atoms with Gasteiger partial charge < -0.3 is 0 Å². The minimum atomic E-state index is -4.01. The van der Waals surface area contributed by atoms with E-state index in [2.05, 4.69) is 0 Å². The number of hydrogen-bond acceptors (Lipinski definition) is 2. The summed E-state index contributed by atoms with van der Waals surface area (Å²) in [5.41, 5.74) is -0.504. The Balaban J connectivity index is 2.45. The van der Waals surface area contributed by atoms with Crippen molar-refractivity contribution in [2.24, 2.45) is 0 Å². The Kier molecular flexibility index (Phi) is 3.53. The van der Waals surface area contributed by atoms with Gasteiger partial charge in [0.2, 0.25) is 0 Å². The van der Waals surface area contributed by atoms with Gasteiger partial charge in [-0.15, -0.1) is 0 Å². The summed E-state index contributed by atoms with van der Waals surface area (Å²) in [6.07, 6.45) is 0. The van der Waals surface area contributed by atoms with E-state index in [0.717, 1.165) is 6.07 Å². The lowest BCUT2D eigenvalue weighted by Crippen LogP contribution is -2.15. The Morgan fingerprint density at radius 3 is 2.26 bits per heavy atom. The van der Waals surface area contributed by atoms with Crippen molar-refractivity contribution in [2.75, 3.05) is 4.72 Å². The largest absolute Gasteiger partial charge is 0.274 e. The summed E-state index contributed by atoms with van der Waals surface area (Å²) >= 11 is 0. The highest BCUT2D eigenvalue weighted by Crippen LogP contribution is 2.24. The number of nitrogens with one attached hydrogen (secondary N) is 1. The fourth-order valence-electron chi connectivity index (χ4n) is 1.54. The van der Waals surface area contributed by atoms with Crippen LogP contribution in [-0.4, -0.2) is 8.42 Å². The second-order valence-electron chi connectivity index (χ2n) is 3.97. The van der Waals surface area contributed by atoms with Crippen molar-refractivity contribution in [2.45, 2.75) is 11.8 Å². The number of rotatable bonds is 3. The van der Waals surface area contributed by atoms with Gasteiger partial charge in [0.25, 0.3) is 10.0 Å². The van der Waals surface area contributed by atoms with Crippen LogP contribution in [0.1, 0.15) is 5.56 Å². The van der Waals surface area contributed by atoms with E-state index in [1.165, 1.54) is 37.3 Å². The number of anilines is 1. The molecular weight excluding hydrogens is 272 g/mol. The molecule has 0 spiro atoms. The maximum Gasteiger partial charge on any atom is 0.262 e. The second-order valence-corrected chi connectivity index (χ2v) is 5.65. The maximum atomic E-state index is 13.7. The van der Waals surface area contributed by atoms with Gasteiger partial charge in [0.1, 0.15) is 11.5 Å². The zero-order chi connectivity index (χ0) is 14.0. The first-order valence-corrected chi connectivity index (χ1v) is 6.92. The van der Waals surface area contributed by atoms with E-state index in [4.69, 9.17) is 0 Å². The van der Waals surface area contributed by atoms with E-state index in [-0.39, 0.29) is 10.5 Å². The smallest absolute Gasteiger partial charge is 0.262 e. The average molecular weight is 283 g/mol. The van der Waals surface area contributed by atoms with Crippen molar-refractivity contribution in [3.63, 3.8) is 0 Å². The van der Waals surface area contributed by atoms with Crippen LogP contribution in [-0.2, 0) is 10.0 Å². The van der Waals surface area contributed by atoms with Gasteiger partial charge in [-0.25, -0.2) is 17.2 Å². The van der Waals surface area contributed by atoms with Crippen LogP contribution >= 0.6 is 0 Å². The topological polar surface area (TPSA) is 46.2 Å². The lowest BCUT2D eigenvalue weighted by atomic mass is 10.2. The Hall–Kier alpha value is -1.95. The molecule has 1 N–H and O–H groups in total. The second kappa shape index (κ2) is 4.97. The third kappa shape index (κ3) is 2.73. The molecule has 0 bridgehead atoms. The first-order chi connectivity index (χ1) is 8.92.